The molecule has 3 heteroatoms. The Kier molecular flexibility index (Phi) is 6.31. The molecule has 21 heavy (non-hydrogen) atoms. The van der Waals surface area contributed by atoms with Crippen LogP contribution in [0.25, 0.3) is 0 Å². The minimum absolute atomic E-state index is 0.432. The monoisotopic (exact) mass is 293 g/mol. The highest BCUT2D eigenvalue weighted by molar-refractivity contribution is 5.19. The second kappa shape index (κ2) is 8.00. The summed E-state index contributed by atoms with van der Waals surface area (Å²) in [6, 6.07) is 0. The van der Waals surface area contributed by atoms with E-state index in [0.717, 1.165) is 19.5 Å². The molecular formula is C18H31NO2. The van der Waals surface area contributed by atoms with Gasteiger partial charge in [-0.05, 0) is 26.7 Å². The molecule has 0 spiro atoms. The van der Waals surface area contributed by atoms with Crippen molar-refractivity contribution in [3.63, 3.8) is 0 Å². The third-order valence-electron chi connectivity index (χ3n) is 4.31. The Morgan fingerprint density at radius 1 is 1.05 bits per heavy atom. The lowest BCUT2D eigenvalue weighted by Crippen LogP contribution is -2.37. The zero-order chi connectivity index (χ0) is 15.1. The highest BCUT2D eigenvalue weighted by atomic mass is 16.7. The lowest BCUT2D eigenvalue weighted by atomic mass is 10.0. The van der Waals surface area contributed by atoms with E-state index in [1.165, 1.54) is 43.4 Å². The second-order valence-electron chi connectivity index (χ2n) is 6.57. The third-order valence-corrected chi connectivity index (χ3v) is 4.31. The molecule has 3 nitrogen and oxygen atoms in total. The van der Waals surface area contributed by atoms with E-state index in [9.17, 15) is 0 Å². The van der Waals surface area contributed by atoms with E-state index in [1.807, 2.05) is 13.8 Å². The van der Waals surface area contributed by atoms with Gasteiger partial charge in [-0.15, -0.1) is 0 Å². The van der Waals surface area contributed by atoms with Crippen LogP contribution in [0.15, 0.2) is 23.4 Å². The molecule has 2 aliphatic rings. The Hall–Kier alpha value is -0.800. The van der Waals surface area contributed by atoms with Crippen LogP contribution in [0.2, 0.25) is 0 Å². The Morgan fingerprint density at radius 2 is 1.67 bits per heavy atom. The van der Waals surface area contributed by atoms with Gasteiger partial charge in [0.05, 0.1) is 13.2 Å². The molecule has 0 atom stereocenters. The molecule has 0 amide bonds. The Bertz CT molecular complexity index is 365. The number of unbranched alkanes of at least 4 members (excludes halogenated alkanes) is 4. The standard InChI is InChI=1S/C18H31NO2/c1-4-5-6-7-8-11-17(19-12-9-10-13-19)16-14-20-18(2,3)21-15-16/h9-10H,4-8,11-15H2,1-3H3. The minimum Gasteiger partial charge on any atom is -0.367 e. The van der Waals surface area contributed by atoms with Crippen LogP contribution in [-0.2, 0) is 9.47 Å². The third kappa shape index (κ3) is 5.15. The van der Waals surface area contributed by atoms with Gasteiger partial charge in [0, 0.05) is 24.4 Å². The van der Waals surface area contributed by atoms with Gasteiger partial charge in [0.2, 0.25) is 0 Å². The Balaban J connectivity index is 1.92. The average molecular weight is 293 g/mol. The molecule has 2 rings (SSSR count). The van der Waals surface area contributed by atoms with Crippen LogP contribution < -0.4 is 0 Å². The molecule has 0 bridgehead atoms. The molecule has 0 unspecified atom stereocenters. The van der Waals surface area contributed by atoms with E-state index in [-0.39, 0.29) is 0 Å². The number of hydrogen-bond donors (Lipinski definition) is 0. The van der Waals surface area contributed by atoms with Crippen LogP contribution in [0.1, 0.15) is 59.3 Å². The van der Waals surface area contributed by atoms with Crippen molar-refractivity contribution in [3.8, 4) is 0 Å². The molecule has 0 aromatic rings. The van der Waals surface area contributed by atoms with Crippen molar-refractivity contribution < 1.29 is 9.47 Å². The van der Waals surface area contributed by atoms with Crippen molar-refractivity contribution in [1.82, 2.24) is 4.90 Å². The molecule has 0 aromatic carbocycles. The lowest BCUT2D eigenvalue weighted by molar-refractivity contribution is -0.226. The molecule has 0 aromatic heterocycles. The van der Waals surface area contributed by atoms with Crippen molar-refractivity contribution >= 4 is 0 Å². The summed E-state index contributed by atoms with van der Waals surface area (Å²) in [5.41, 5.74) is 2.81. The van der Waals surface area contributed by atoms with Gasteiger partial charge >= 0.3 is 0 Å². The van der Waals surface area contributed by atoms with Crippen LogP contribution in [0.4, 0.5) is 0 Å². The van der Waals surface area contributed by atoms with Crippen LogP contribution in [-0.4, -0.2) is 37.0 Å². The fourth-order valence-corrected chi connectivity index (χ4v) is 2.92. The van der Waals surface area contributed by atoms with Crippen molar-refractivity contribution in [2.24, 2.45) is 0 Å². The van der Waals surface area contributed by atoms with Crippen molar-refractivity contribution in [1.29, 1.82) is 0 Å². The van der Waals surface area contributed by atoms with Crippen LogP contribution in [0.3, 0.4) is 0 Å². The maximum Gasteiger partial charge on any atom is 0.163 e. The molecule has 2 aliphatic heterocycles. The Labute approximate surface area is 130 Å². The minimum atomic E-state index is -0.432. The van der Waals surface area contributed by atoms with Gasteiger partial charge in [0.15, 0.2) is 5.79 Å². The molecule has 0 saturated carbocycles. The molecule has 0 N–H and O–H groups in total. The van der Waals surface area contributed by atoms with Gasteiger partial charge in [-0.25, -0.2) is 0 Å². The summed E-state index contributed by atoms with van der Waals surface area (Å²) in [6.07, 6.45) is 12.3. The summed E-state index contributed by atoms with van der Waals surface area (Å²) in [6.45, 7) is 9.76. The Morgan fingerprint density at radius 3 is 2.29 bits per heavy atom. The smallest absolute Gasteiger partial charge is 0.163 e. The fraction of sp³-hybridized carbons (Fsp3) is 0.778. The first-order valence-electron chi connectivity index (χ1n) is 8.51. The van der Waals surface area contributed by atoms with E-state index >= 15 is 0 Å². The van der Waals surface area contributed by atoms with Gasteiger partial charge in [0.25, 0.3) is 0 Å². The van der Waals surface area contributed by atoms with Gasteiger partial charge < -0.3 is 14.4 Å². The summed E-state index contributed by atoms with van der Waals surface area (Å²) >= 11 is 0. The SMILES string of the molecule is CCCCCCCC(=C1COC(C)(C)OC1)N1CC=CC1. The molecule has 0 radical (unpaired) electrons. The van der Waals surface area contributed by atoms with Gasteiger partial charge in [-0.1, -0.05) is 44.8 Å². The topological polar surface area (TPSA) is 21.7 Å². The van der Waals surface area contributed by atoms with E-state index < -0.39 is 5.79 Å². The number of ether oxygens (including phenoxy) is 2. The molecular weight excluding hydrogens is 262 g/mol. The molecule has 1 fully saturated rings. The van der Waals surface area contributed by atoms with E-state index in [1.54, 1.807) is 0 Å². The first-order chi connectivity index (χ1) is 10.1. The van der Waals surface area contributed by atoms with Gasteiger partial charge in [-0.2, -0.15) is 0 Å². The number of hydrogen-bond acceptors (Lipinski definition) is 3. The summed E-state index contributed by atoms with van der Waals surface area (Å²) in [5.74, 6) is -0.432. The number of allylic oxidation sites excluding steroid dienone is 1. The molecule has 0 aliphatic carbocycles. The van der Waals surface area contributed by atoms with Gasteiger partial charge in [0.1, 0.15) is 0 Å². The van der Waals surface area contributed by atoms with E-state index in [2.05, 4.69) is 24.0 Å². The van der Waals surface area contributed by atoms with E-state index in [4.69, 9.17) is 9.47 Å². The maximum absolute atomic E-state index is 5.84. The lowest BCUT2D eigenvalue weighted by Gasteiger charge is -2.35. The second-order valence-corrected chi connectivity index (χ2v) is 6.57. The zero-order valence-corrected chi connectivity index (χ0v) is 14.0. The molecule has 1 saturated heterocycles. The number of rotatable bonds is 7. The quantitative estimate of drug-likeness (QED) is 0.517. The highest BCUT2D eigenvalue weighted by Crippen LogP contribution is 2.27. The summed E-state index contributed by atoms with van der Waals surface area (Å²) in [4.78, 5) is 2.47. The summed E-state index contributed by atoms with van der Waals surface area (Å²) in [7, 11) is 0. The van der Waals surface area contributed by atoms with Crippen LogP contribution in [0.5, 0.6) is 0 Å². The number of nitrogens with zero attached hydrogens (tertiary/aromatic N) is 1. The average Bonchev–Trinajstić information content (AvgIpc) is 2.97. The van der Waals surface area contributed by atoms with Crippen LogP contribution in [0, 0.1) is 0 Å². The van der Waals surface area contributed by atoms with Crippen molar-refractivity contribution in [2.75, 3.05) is 26.3 Å². The van der Waals surface area contributed by atoms with Crippen molar-refractivity contribution in [2.45, 2.75) is 65.1 Å². The normalized spacial score (nSPS) is 21.1. The molecule has 120 valence electrons. The molecule has 2 heterocycles. The maximum atomic E-state index is 5.84. The predicted molar refractivity (Wildman–Crippen MR) is 87.1 cm³/mol. The first-order valence-corrected chi connectivity index (χ1v) is 8.51. The first kappa shape index (κ1) is 16.6. The van der Waals surface area contributed by atoms with E-state index in [0.29, 0.717) is 13.2 Å². The van der Waals surface area contributed by atoms with Crippen LogP contribution >= 0.6 is 0 Å². The zero-order valence-electron chi connectivity index (χ0n) is 14.0. The van der Waals surface area contributed by atoms with Gasteiger partial charge in [-0.3, -0.25) is 0 Å². The largest absolute Gasteiger partial charge is 0.367 e. The fourth-order valence-electron chi connectivity index (χ4n) is 2.92. The summed E-state index contributed by atoms with van der Waals surface area (Å²) < 4.78 is 11.7. The highest BCUT2D eigenvalue weighted by Gasteiger charge is 2.27. The summed E-state index contributed by atoms with van der Waals surface area (Å²) in [5, 5.41) is 0. The predicted octanol–water partition coefficient (Wildman–Crippen LogP) is 4.26. The van der Waals surface area contributed by atoms with Crippen molar-refractivity contribution in [3.05, 3.63) is 23.4 Å².